The van der Waals surface area contributed by atoms with Crippen molar-refractivity contribution < 1.29 is 23.8 Å². The molecule has 1 aliphatic rings. The molecule has 2 aromatic heterocycles. The Morgan fingerprint density at radius 1 is 1.32 bits per heavy atom. The van der Waals surface area contributed by atoms with Crippen molar-refractivity contribution in [2.24, 2.45) is 5.92 Å². The van der Waals surface area contributed by atoms with Gasteiger partial charge in [-0.1, -0.05) is 18.2 Å². The van der Waals surface area contributed by atoms with Crippen LogP contribution in [0.1, 0.15) is 43.0 Å². The lowest BCUT2D eigenvalue weighted by Crippen LogP contribution is -2.30. The number of aromatic nitrogens is 1. The maximum atomic E-state index is 10.6. The highest BCUT2D eigenvalue weighted by atomic mass is 16.7. The minimum absolute atomic E-state index is 0.122. The molecule has 0 aliphatic carbocycles. The van der Waals surface area contributed by atoms with Crippen molar-refractivity contribution in [2.45, 2.75) is 31.7 Å². The van der Waals surface area contributed by atoms with Crippen LogP contribution in [0.2, 0.25) is 0 Å². The van der Waals surface area contributed by atoms with Crippen molar-refractivity contribution in [3.05, 3.63) is 66.4 Å². The lowest BCUT2D eigenvalue weighted by Gasteiger charge is -2.35. The summed E-state index contributed by atoms with van der Waals surface area (Å²) in [5.74, 6) is -0.0238. The molecule has 1 fully saturated rings. The minimum Gasteiger partial charge on any atom is -0.481 e. The highest BCUT2D eigenvalue weighted by molar-refractivity contribution is 5.66. The van der Waals surface area contributed by atoms with Gasteiger partial charge < -0.3 is 19.0 Å². The standard InChI is InChI=1S/C19H21NO5/c21-17(22)9-3-1-2-6-15-13-24-19(16-8-5-11-23-16)25-18(15)14-7-4-10-20-12-14/h1-2,4-5,7-8,10-12,15,18-19H,3,6,9,13H2,(H,21,22)/b2-1-. The summed E-state index contributed by atoms with van der Waals surface area (Å²) in [6, 6.07) is 7.51. The van der Waals surface area contributed by atoms with Crippen molar-refractivity contribution in [1.82, 2.24) is 4.98 Å². The fourth-order valence-electron chi connectivity index (χ4n) is 2.84. The number of allylic oxidation sites excluding steroid dienone is 2. The van der Waals surface area contributed by atoms with E-state index in [9.17, 15) is 4.79 Å². The van der Waals surface area contributed by atoms with E-state index in [1.165, 1.54) is 0 Å². The fourth-order valence-corrected chi connectivity index (χ4v) is 2.84. The summed E-state index contributed by atoms with van der Waals surface area (Å²) >= 11 is 0. The van der Waals surface area contributed by atoms with Crippen molar-refractivity contribution in [3.63, 3.8) is 0 Å². The van der Waals surface area contributed by atoms with Crippen molar-refractivity contribution >= 4 is 5.97 Å². The lowest BCUT2D eigenvalue weighted by molar-refractivity contribution is -0.250. The third-order valence-electron chi connectivity index (χ3n) is 4.08. The van der Waals surface area contributed by atoms with Crippen molar-refractivity contribution in [2.75, 3.05) is 6.61 Å². The normalized spacial score (nSPS) is 23.8. The van der Waals surface area contributed by atoms with Crippen LogP contribution in [-0.2, 0) is 14.3 Å². The number of furan rings is 1. The molecule has 1 N–H and O–H groups in total. The maximum absolute atomic E-state index is 10.6. The van der Waals surface area contributed by atoms with Crippen LogP contribution in [0.4, 0.5) is 0 Å². The van der Waals surface area contributed by atoms with Gasteiger partial charge in [0.1, 0.15) is 0 Å². The molecule has 25 heavy (non-hydrogen) atoms. The second-order valence-corrected chi connectivity index (χ2v) is 5.92. The Morgan fingerprint density at radius 3 is 2.96 bits per heavy atom. The van der Waals surface area contributed by atoms with Crippen molar-refractivity contribution in [1.29, 1.82) is 0 Å². The van der Waals surface area contributed by atoms with Crippen LogP contribution in [-0.4, -0.2) is 22.7 Å². The monoisotopic (exact) mass is 343 g/mol. The van der Waals surface area contributed by atoms with Crippen molar-refractivity contribution in [3.8, 4) is 0 Å². The Balaban J connectivity index is 1.67. The van der Waals surface area contributed by atoms with Gasteiger partial charge in [-0.15, -0.1) is 0 Å². The molecule has 0 spiro atoms. The van der Waals surface area contributed by atoms with E-state index in [1.54, 1.807) is 24.7 Å². The molecule has 1 saturated heterocycles. The molecule has 3 unspecified atom stereocenters. The summed E-state index contributed by atoms with van der Waals surface area (Å²) in [4.78, 5) is 14.7. The predicted octanol–water partition coefficient (Wildman–Crippen LogP) is 3.89. The van der Waals surface area contributed by atoms with Crippen LogP contribution < -0.4 is 0 Å². The first-order valence-electron chi connectivity index (χ1n) is 8.31. The predicted molar refractivity (Wildman–Crippen MR) is 89.6 cm³/mol. The fraction of sp³-hybridized carbons (Fsp3) is 0.368. The number of aliphatic carboxylic acids is 1. The van der Waals surface area contributed by atoms with Crippen LogP contribution in [0.5, 0.6) is 0 Å². The highest BCUT2D eigenvalue weighted by Crippen LogP contribution is 2.39. The van der Waals surface area contributed by atoms with Gasteiger partial charge in [0, 0.05) is 24.7 Å². The number of ether oxygens (including phenoxy) is 2. The Hall–Kier alpha value is -2.44. The molecule has 1 aliphatic heterocycles. The molecule has 0 amide bonds. The molecule has 132 valence electrons. The first-order valence-corrected chi connectivity index (χ1v) is 8.31. The molecular weight excluding hydrogens is 322 g/mol. The first-order chi connectivity index (χ1) is 12.2. The van der Waals surface area contributed by atoms with Gasteiger partial charge in [0.25, 0.3) is 0 Å². The molecule has 0 bridgehead atoms. The zero-order valence-electron chi connectivity index (χ0n) is 13.8. The average molecular weight is 343 g/mol. The van der Waals surface area contributed by atoms with Gasteiger partial charge >= 0.3 is 5.97 Å². The van der Waals surface area contributed by atoms with Crippen LogP contribution in [0.3, 0.4) is 0 Å². The summed E-state index contributed by atoms with van der Waals surface area (Å²) in [7, 11) is 0. The topological polar surface area (TPSA) is 81.8 Å². The van der Waals surface area contributed by atoms with Gasteiger partial charge in [-0.05, 0) is 36.6 Å². The summed E-state index contributed by atoms with van der Waals surface area (Å²) in [5, 5.41) is 8.68. The molecule has 0 radical (unpaired) electrons. The number of carboxylic acid groups (broad SMARTS) is 1. The molecule has 3 rings (SSSR count). The molecule has 2 aromatic rings. The SMILES string of the molecule is O=C(O)CC/C=C\CC1COC(c2ccco2)OC1c1cccnc1. The third kappa shape index (κ3) is 4.78. The van der Waals surface area contributed by atoms with Gasteiger partial charge in [0.15, 0.2) is 5.76 Å². The van der Waals surface area contributed by atoms with E-state index in [0.717, 1.165) is 12.0 Å². The Kier molecular flexibility index (Phi) is 5.98. The van der Waals surface area contributed by atoms with E-state index in [2.05, 4.69) is 4.98 Å². The van der Waals surface area contributed by atoms with E-state index in [-0.39, 0.29) is 18.4 Å². The lowest BCUT2D eigenvalue weighted by atomic mass is 9.93. The third-order valence-corrected chi connectivity index (χ3v) is 4.08. The smallest absolute Gasteiger partial charge is 0.303 e. The zero-order chi connectivity index (χ0) is 17.5. The Labute approximate surface area is 146 Å². The van der Waals surface area contributed by atoms with Gasteiger partial charge in [0.2, 0.25) is 6.29 Å². The Morgan fingerprint density at radius 2 is 2.24 bits per heavy atom. The number of carboxylic acids is 1. The molecule has 0 aromatic carbocycles. The largest absolute Gasteiger partial charge is 0.481 e. The minimum atomic E-state index is -0.788. The summed E-state index contributed by atoms with van der Waals surface area (Å²) < 4.78 is 17.4. The number of rotatable bonds is 7. The van der Waals surface area contributed by atoms with Gasteiger partial charge in [-0.2, -0.15) is 0 Å². The maximum Gasteiger partial charge on any atom is 0.303 e. The number of pyridine rings is 1. The number of hydrogen-bond acceptors (Lipinski definition) is 5. The average Bonchev–Trinajstić information content (AvgIpc) is 3.17. The van der Waals surface area contributed by atoms with Crippen LogP contribution in [0.15, 0.2) is 59.5 Å². The van der Waals surface area contributed by atoms with E-state index in [4.69, 9.17) is 19.0 Å². The highest BCUT2D eigenvalue weighted by Gasteiger charge is 2.34. The van der Waals surface area contributed by atoms with E-state index in [1.807, 2.05) is 30.4 Å². The van der Waals surface area contributed by atoms with Crippen LogP contribution in [0, 0.1) is 5.92 Å². The zero-order valence-corrected chi connectivity index (χ0v) is 13.8. The van der Waals surface area contributed by atoms with Gasteiger partial charge in [-0.25, -0.2) is 0 Å². The second-order valence-electron chi connectivity index (χ2n) is 5.92. The molecule has 0 saturated carbocycles. The molecule has 6 nitrogen and oxygen atoms in total. The van der Waals surface area contributed by atoms with Gasteiger partial charge in [0.05, 0.1) is 19.0 Å². The van der Waals surface area contributed by atoms with E-state index >= 15 is 0 Å². The van der Waals surface area contributed by atoms with Gasteiger partial charge in [-0.3, -0.25) is 9.78 Å². The van der Waals surface area contributed by atoms with E-state index in [0.29, 0.717) is 18.8 Å². The summed E-state index contributed by atoms with van der Waals surface area (Å²) in [6.45, 7) is 0.522. The van der Waals surface area contributed by atoms with E-state index < -0.39 is 12.3 Å². The Bertz CT molecular complexity index is 683. The number of nitrogens with zero attached hydrogens (tertiary/aromatic N) is 1. The number of carbonyl (C=O) groups is 1. The molecular formula is C19H21NO5. The van der Waals surface area contributed by atoms with Crippen LogP contribution >= 0.6 is 0 Å². The van der Waals surface area contributed by atoms with Crippen LogP contribution in [0.25, 0.3) is 0 Å². The number of hydrogen-bond donors (Lipinski definition) is 1. The molecule has 3 atom stereocenters. The molecule has 6 heteroatoms. The second kappa shape index (κ2) is 8.60. The molecule has 3 heterocycles. The first kappa shape index (κ1) is 17.4. The summed E-state index contributed by atoms with van der Waals surface area (Å²) in [6.07, 6.45) is 9.72. The summed E-state index contributed by atoms with van der Waals surface area (Å²) in [5.41, 5.74) is 0.992. The quantitative estimate of drug-likeness (QED) is 0.768.